The zero-order valence-electron chi connectivity index (χ0n) is 8.64. The molecule has 1 aromatic rings. The maximum atomic E-state index is 9.08. The van der Waals surface area contributed by atoms with Crippen LogP contribution in [0, 0.1) is 28.2 Å². The van der Waals surface area contributed by atoms with E-state index >= 15 is 0 Å². The van der Waals surface area contributed by atoms with Crippen LogP contribution >= 0.6 is 0 Å². The van der Waals surface area contributed by atoms with Crippen molar-refractivity contribution in [3.8, 4) is 12.1 Å². The Hall–Kier alpha value is -2.46. The summed E-state index contributed by atoms with van der Waals surface area (Å²) in [6.07, 6.45) is 1.64. The Morgan fingerprint density at radius 2 is 2.12 bits per heavy atom. The molecule has 0 bridgehead atoms. The SMILES string of the molecule is C=Cc1cccc(C(C#N)(C#N)CN=N)c1. The molecule has 78 valence electrons. The van der Waals surface area contributed by atoms with Gasteiger partial charge in [0, 0.05) is 0 Å². The first-order valence-corrected chi connectivity index (χ1v) is 4.61. The van der Waals surface area contributed by atoms with Crippen LogP contribution in [0.4, 0.5) is 0 Å². The van der Waals surface area contributed by atoms with Gasteiger partial charge in [0.05, 0.1) is 18.7 Å². The van der Waals surface area contributed by atoms with Crippen LogP contribution in [-0.4, -0.2) is 6.54 Å². The van der Waals surface area contributed by atoms with Gasteiger partial charge in [-0.25, -0.2) is 5.53 Å². The first kappa shape index (κ1) is 11.6. The van der Waals surface area contributed by atoms with Gasteiger partial charge >= 0.3 is 0 Å². The second-order valence-corrected chi connectivity index (χ2v) is 3.27. The molecule has 0 heterocycles. The largest absolute Gasteiger partial charge is 0.210 e. The van der Waals surface area contributed by atoms with Crippen molar-refractivity contribution in [3.05, 3.63) is 42.0 Å². The van der Waals surface area contributed by atoms with Crippen molar-refractivity contribution < 1.29 is 0 Å². The van der Waals surface area contributed by atoms with Crippen molar-refractivity contribution >= 4 is 6.08 Å². The normalized spacial score (nSPS) is 9.88. The number of hydrogen-bond acceptors (Lipinski definition) is 4. The third kappa shape index (κ3) is 1.97. The van der Waals surface area contributed by atoms with Crippen LogP contribution in [0.5, 0.6) is 0 Å². The van der Waals surface area contributed by atoms with Gasteiger partial charge in [-0.05, 0) is 17.2 Å². The summed E-state index contributed by atoms with van der Waals surface area (Å²) in [5, 5.41) is 21.3. The zero-order valence-corrected chi connectivity index (χ0v) is 8.64. The first-order valence-electron chi connectivity index (χ1n) is 4.61. The summed E-state index contributed by atoms with van der Waals surface area (Å²) in [6.45, 7) is 3.47. The summed E-state index contributed by atoms with van der Waals surface area (Å²) in [7, 11) is 0. The molecule has 0 saturated carbocycles. The van der Waals surface area contributed by atoms with Crippen LogP contribution in [0.1, 0.15) is 11.1 Å². The Bertz CT molecular complexity index is 476. The summed E-state index contributed by atoms with van der Waals surface area (Å²) >= 11 is 0. The van der Waals surface area contributed by atoms with Crippen LogP contribution in [0.15, 0.2) is 36.0 Å². The highest BCUT2D eigenvalue weighted by Gasteiger charge is 2.32. The molecule has 0 spiro atoms. The highest BCUT2D eigenvalue weighted by atomic mass is 15.0. The third-order valence-corrected chi connectivity index (χ3v) is 2.31. The molecule has 1 N–H and O–H groups in total. The van der Waals surface area contributed by atoms with E-state index in [0.717, 1.165) is 5.56 Å². The predicted molar refractivity (Wildman–Crippen MR) is 59.5 cm³/mol. The summed E-state index contributed by atoms with van der Waals surface area (Å²) < 4.78 is 0. The lowest BCUT2D eigenvalue weighted by Crippen LogP contribution is -2.25. The van der Waals surface area contributed by atoms with Crippen molar-refractivity contribution in [2.75, 3.05) is 6.54 Å². The molecule has 4 heteroatoms. The van der Waals surface area contributed by atoms with Gasteiger partial charge in [-0.15, -0.1) is 0 Å². The second-order valence-electron chi connectivity index (χ2n) is 3.27. The Balaban J connectivity index is 3.32. The molecular formula is C12H10N4. The molecule has 0 fully saturated rings. The van der Waals surface area contributed by atoms with Gasteiger partial charge in [-0.3, -0.25) is 0 Å². The molecule has 1 rings (SSSR count). The van der Waals surface area contributed by atoms with Gasteiger partial charge in [0.25, 0.3) is 0 Å². The number of nitriles is 2. The first-order chi connectivity index (χ1) is 7.72. The molecule has 0 aliphatic carbocycles. The van der Waals surface area contributed by atoms with Crippen LogP contribution < -0.4 is 0 Å². The fraction of sp³-hybridized carbons (Fsp3) is 0.167. The van der Waals surface area contributed by atoms with Crippen molar-refractivity contribution in [1.29, 1.82) is 16.1 Å². The van der Waals surface area contributed by atoms with E-state index in [0.29, 0.717) is 5.56 Å². The van der Waals surface area contributed by atoms with Gasteiger partial charge in [-0.2, -0.15) is 15.6 Å². The van der Waals surface area contributed by atoms with E-state index in [1.807, 2.05) is 18.2 Å². The summed E-state index contributed by atoms with van der Waals surface area (Å²) in [4.78, 5) is 0. The molecule has 1 aromatic carbocycles. The van der Waals surface area contributed by atoms with E-state index in [2.05, 4.69) is 11.7 Å². The Morgan fingerprint density at radius 3 is 2.62 bits per heavy atom. The van der Waals surface area contributed by atoms with Gasteiger partial charge in [0.2, 0.25) is 0 Å². The molecule has 0 unspecified atom stereocenters. The lowest BCUT2D eigenvalue weighted by Gasteiger charge is -2.16. The molecule has 16 heavy (non-hydrogen) atoms. The van der Waals surface area contributed by atoms with Crippen LogP contribution in [-0.2, 0) is 5.41 Å². The topological polar surface area (TPSA) is 83.8 Å². The van der Waals surface area contributed by atoms with Crippen molar-refractivity contribution in [1.82, 2.24) is 0 Å². The van der Waals surface area contributed by atoms with E-state index in [4.69, 9.17) is 16.1 Å². The number of nitrogens with zero attached hydrogens (tertiary/aromatic N) is 3. The molecule has 0 aliphatic heterocycles. The van der Waals surface area contributed by atoms with E-state index in [1.54, 1.807) is 24.3 Å². The smallest absolute Gasteiger partial charge is 0.189 e. The number of nitrogens with one attached hydrogen (secondary N) is 1. The lowest BCUT2D eigenvalue weighted by atomic mass is 9.83. The second kappa shape index (κ2) is 4.86. The quantitative estimate of drug-likeness (QED) is 0.774. The van der Waals surface area contributed by atoms with E-state index < -0.39 is 5.41 Å². The van der Waals surface area contributed by atoms with Gasteiger partial charge in [0.1, 0.15) is 0 Å². The minimum Gasteiger partial charge on any atom is -0.210 e. The van der Waals surface area contributed by atoms with E-state index in [1.165, 1.54) is 0 Å². The predicted octanol–water partition coefficient (Wildman–Crippen LogP) is 2.65. The molecule has 0 atom stereocenters. The van der Waals surface area contributed by atoms with Gasteiger partial charge < -0.3 is 0 Å². The molecule has 0 saturated heterocycles. The summed E-state index contributed by atoms with van der Waals surface area (Å²) in [5.74, 6) is 0. The summed E-state index contributed by atoms with van der Waals surface area (Å²) in [5.41, 5.74) is 6.82. The average Bonchev–Trinajstić information content (AvgIpc) is 2.36. The minimum absolute atomic E-state index is 0.152. The Kier molecular flexibility index (Phi) is 3.53. The molecule has 0 aliphatic rings. The maximum Gasteiger partial charge on any atom is 0.189 e. The molecule has 4 nitrogen and oxygen atoms in total. The third-order valence-electron chi connectivity index (χ3n) is 2.31. The van der Waals surface area contributed by atoms with Crippen LogP contribution in [0.2, 0.25) is 0 Å². The number of hydrogen-bond donors (Lipinski definition) is 1. The molecular weight excluding hydrogens is 200 g/mol. The van der Waals surface area contributed by atoms with Gasteiger partial charge in [-0.1, -0.05) is 30.9 Å². The fourth-order valence-electron chi connectivity index (χ4n) is 1.37. The van der Waals surface area contributed by atoms with Crippen molar-refractivity contribution in [2.24, 2.45) is 5.11 Å². The maximum absolute atomic E-state index is 9.08. The summed E-state index contributed by atoms with van der Waals surface area (Å²) in [6, 6.07) is 10.8. The highest BCUT2D eigenvalue weighted by molar-refractivity contribution is 5.52. The highest BCUT2D eigenvalue weighted by Crippen LogP contribution is 2.24. The van der Waals surface area contributed by atoms with Gasteiger partial charge in [0.15, 0.2) is 5.41 Å². The molecule has 0 radical (unpaired) electrons. The van der Waals surface area contributed by atoms with Crippen LogP contribution in [0.25, 0.3) is 6.08 Å². The molecule has 0 amide bonds. The fourth-order valence-corrected chi connectivity index (χ4v) is 1.37. The van der Waals surface area contributed by atoms with E-state index in [9.17, 15) is 0 Å². The number of rotatable bonds is 4. The number of benzene rings is 1. The Labute approximate surface area is 94.0 Å². The van der Waals surface area contributed by atoms with Crippen molar-refractivity contribution in [2.45, 2.75) is 5.41 Å². The standard InChI is InChI=1S/C12H10N4/c1-2-10-4-3-5-11(6-10)12(7-13,8-14)9-16-15/h2-6,15H,1,9H2. The minimum atomic E-state index is -1.37. The van der Waals surface area contributed by atoms with Crippen LogP contribution in [0.3, 0.4) is 0 Å². The van der Waals surface area contributed by atoms with Crippen molar-refractivity contribution in [3.63, 3.8) is 0 Å². The molecule has 0 aromatic heterocycles. The Morgan fingerprint density at radius 1 is 1.44 bits per heavy atom. The van der Waals surface area contributed by atoms with E-state index in [-0.39, 0.29) is 6.54 Å². The lowest BCUT2D eigenvalue weighted by molar-refractivity contribution is 0.677. The average molecular weight is 210 g/mol. The zero-order chi connectivity index (χ0) is 12.0. The monoisotopic (exact) mass is 210 g/mol.